The summed E-state index contributed by atoms with van der Waals surface area (Å²) in [5, 5.41) is 2.78. The Bertz CT molecular complexity index is 1180. The SMILES string of the molecule is CCNS(=O)(=O)c1ccc(C(=O)OCC(=O)Nc2ccccc2Cc2ccccc2)cc1. The molecule has 0 unspecified atom stereocenters. The lowest BCUT2D eigenvalue weighted by molar-refractivity contribution is -0.119. The lowest BCUT2D eigenvalue weighted by Gasteiger charge is -2.12. The number of para-hydroxylation sites is 1. The van der Waals surface area contributed by atoms with Gasteiger partial charge >= 0.3 is 5.97 Å². The van der Waals surface area contributed by atoms with Crippen LogP contribution < -0.4 is 10.0 Å². The number of nitrogens with one attached hydrogen (secondary N) is 2. The number of carbonyl (C=O) groups is 2. The van der Waals surface area contributed by atoms with Crippen molar-refractivity contribution in [3.8, 4) is 0 Å². The summed E-state index contributed by atoms with van der Waals surface area (Å²) < 4.78 is 31.4. The van der Waals surface area contributed by atoms with Crippen molar-refractivity contribution in [2.24, 2.45) is 0 Å². The molecule has 3 rings (SSSR count). The zero-order valence-electron chi connectivity index (χ0n) is 17.6. The van der Waals surface area contributed by atoms with Crippen LogP contribution in [0.3, 0.4) is 0 Å². The molecule has 3 aromatic rings. The molecule has 32 heavy (non-hydrogen) atoms. The number of hydrogen-bond donors (Lipinski definition) is 2. The maximum atomic E-state index is 12.3. The van der Waals surface area contributed by atoms with Crippen molar-refractivity contribution in [3.63, 3.8) is 0 Å². The van der Waals surface area contributed by atoms with Crippen LogP contribution in [0.15, 0.2) is 83.8 Å². The highest BCUT2D eigenvalue weighted by atomic mass is 32.2. The smallest absolute Gasteiger partial charge is 0.338 e. The van der Waals surface area contributed by atoms with Crippen LogP contribution in [-0.2, 0) is 26.0 Å². The molecule has 0 aromatic heterocycles. The zero-order chi connectivity index (χ0) is 23.0. The molecule has 7 nitrogen and oxygen atoms in total. The monoisotopic (exact) mass is 452 g/mol. The van der Waals surface area contributed by atoms with Crippen molar-refractivity contribution in [1.82, 2.24) is 4.72 Å². The van der Waals surface area contributed by atoms with Crippen molar-refractivity contribution in [2.45, 2.75) is 18.2 Å². The molecule has 0 radical (unpaired) electrons. The van der Waals surface area contributed by atoms with E-state index in [1.807, 2.05) is 48.5 Å². The van der Waals surface area contributed by atoms with E-state index in [1.54, 1.807) is 13.0 Å². The summed E-state index contributed by atoms with van der Waals surface area (Å²) in [6.45, 7) is 1.47. The van der Waals surface area contributed by atoms with Crippen LogP contribution in [0.2, 0.25) is 0 Å². The zero-order valence-corrected chi connectivity index (χ0v) is 18.4. The summed E-state index contributed by atoms with van der Waals surface area (Å²) in [6, 6.07) is 22.6. The van der Waals surface area contributed by atoms with Gasteiger partial charge in [-0.2, -0.15) is 0 Å². The predicted molar refractivity (Wildman–Crippen MR) is 122 cm³/mol. The van der Waals surface area contributed by atoms with Crippen molar-refractivity contribution < 1.29 is 22.7 Å². The molecule has 0 aliphatic carbocycles. The predicted octanol–water partition coefficient (Wildman–Crippen LogP) is 3.37. The number of carbonyl (C=O) groups excluding carboxylic acids is 2. The van der Waals surface area contributed by atoms with Gasteiger partial charge < -0.3 is 10.1 Å². The number of sulfonamides is 1. The largest absolute Gasteiger partial charge is 0.452 e. The van der Waals surface area contributed by atoms with Crippen LogP contribution in [-0.4, -0.2) is 33.4 Å². The quantitative estimate of drug-likeness (QED) is 0.485. The molecule has 166 valence electrons. The first kappa shape index (κ1) is 23.2. The standard InChI is InChI=1S/C24H24N2O5S/c1-2-25-32(29,30)21-14-12-19(13-15-21)24(28)31-17-23(27)26-22-11-7-6-10-20(22)16-18-8-4-3-5-9-18/h3-15,25H,2,16-17H2,1H3,(H,26,27). The van der Waals surface area contributed by atoms with Gasteiger partial charge in [0.15, 0.2) is 6.61 Å². The molecule has 0 atom stereocenters. The van der Waals surface area contributed by atoms with Crippen LogP contribution in [0.5, 0.6) is 0 Å². The van der Waals surface area contributed by atoms with Crippen LogP contribution in [0, 0.1) is 0 Å². The summed E-state index contributed by atoms with van der Waals surface area (Å²) >= 11 is 0. The second kappa shape index (κ2) is 10.7. The van der Waals surface area contributed by atoms with E-state index in [-0.39, 0.29) is 17.0 Å². The third-order valence-corrected chi connectivity index (χ3v) is 6.16. The Morgan fingerprint density at radius 2 is 1.53 bits per heavy atom. The van der Waals surface area contributed by atoms with Crippen LogP contribution in [0.25, 0.3) is 0 Å². The van der Waals surface area contributed by atoms with Gasteiger partial charge in [-0.1, -0.05) is 55.5 Å². The van der Waals surface area contributed by atoms with Crippen molar-refractivity contribution in [2.75, 3.05) is 18.5 Å². The summed E-state index contributed by atoms with van der Waals surface area (Å²) in [4.78, 5) is 24.6. The van der Waals surface area contributed by atoms with Crippen molar-refractivity contribution in [3.05, 3.63) is 95.6 Å². The molecule has 0 aliphatic rings. The fourth-order valence-corrected chi connectivity index (χ4v) is 4.10. The number of rotatable bonds is 9. The first-order valence-corrected chi connectivity index (χ1v) is 11.6. The first-order valence-electron chi connectivity index (χ1n) is 10.1. The third kappa shape index (κ3) is 6.26. The van der Waals surface area contributed by atoms with Gasteiger partial charge in [0.2, 0.25) is 10.0 Å². The minimum atomic E-state index is -3.61. The topological polar surface area (TPSA) is 102 Å². The summed E-state index contributed by atoms with van der Waals surface area (Å²) in [6.07, 6.45) is 0.652. The molecule has 0 fully saturated rings. The normalized spacial score (nSPS) is 11.0. The van der Waals surface area contributed by atoms with Gasteiger partial charge in [-0.3, -0.25) is 4.79 Å². The molecule has 3 aromatic carbocycles. The van der Waals surface area contributed by atoms with E-state index in [9.17, 15) is 18.0 Å². The Hall–Kier alpha value is -3.49. The van der Waals surface area contributed by atoms with E-state index in [2.05, 4.69) is 10.0 Å². The molecule has 0 bridgehead atoms. The molecule has 0 heterocycles. The molecule has 0 saturated heterocycles. The van der Waals surface area contributed by atoms with Gasteiger partial charge in [-0.05, 0) is 47.9 Å². The molecule has 1 amide bonds. The van der Waals surface area contributed by atoms with Gasteiger partial charge in [-0.15, -0.1) is 0 Å². The number of benzene rings is 3. The average Bonchev–Trinajstić information content (AvgIpc) is 2.79. The van der Waals surface area contributed by atoms with E-state index >= 15 is 0 Å². The van der Waals surface area contributed by atoms with Gasteiger partial charge in [0.25, 0.3) is 5.91 Å². The number of anilines is 1. The lowest BCUT2D eigenvalue weighted by atomic mass is 10.0. The van der Waals surface area contributed by atoms with Gasteiger partial charge in [0.1, 0.15) is 0 Å². The second-order valence-electron chi connectivity index (χ2n) is 6.97. The summed E-state index contributed by atoms with van der Waals surface area (Å²) in [7, 11) is -3.61. The number of hydrogen-bond acceptors (Lipinski definition) is 5. The highest BCUT2D eigenvalue weighted by molar-refractivity contribution is 7.89. The Kier molecular flexibility index (Phi) is 7.75. The summed E-state index contributed by atoms with van der Waals surface area (Å²) in [5.74, 6) is -1.18. The fraction of sp³-hybridized carbons (Fsp3) is 0.167. The molecule has 0 spiro atoms. The van der Waals surface area contributed by atoms with Gasteiger partial charge in [-0.25, -0.2) is 17.9 Å². The minimum absolute atomic E-state index is 0.0451. The number of esters is 1. The van der Waals surface area contributed by atoms with E-state index in [0.717, 1.165) is 11.1 Å². The lowest BCUT2D eigenvalue weighted by Crippen LogP contribution is -2.23. The second-order valence-corrected chi connectivity index (χ2v) is 8.74. The Labute approximate surface area is 187 Å². The van der Waals surface area contributed by atoms with Gasteiger partial charge in [0.05, 0.1) is 10.5 Å². The fourth-order valence-electron chi connectivity index (χ4n) is 3.06. The Balaban J connectivity index is 1.58. The van der Waals surface area contributed by atoms with Gasteiger partial charge in [0, 0.05) is 12.2 Å². The van der Waals surface area contributed by atoms with Crippen LogP contribution in [0.4, 0.5) is 5.69 Å². The molecule has 0 aliphatic heterocycles. The molecular weight excluding hydrogens is 428 g/mol. The van der Waals surface area contributed by atoms with E-state index in [1.165, 1.54) is 24.3 Å². The number of ether oxygens (including phenoxy) is 1. The molecule has 0 saturated carbocycles. The van der Waals surface area contributed by atoms with Crippen LogP contribution in [0.1, 0.15) is 28.4 Å². The Morgan fingerprint density at radius 1 is 0.875 bits per heavy atom. The van der Waals surface area contributed by atoms with Crippen LogP contribution >= 0.6 is 0 Å². The molecular formula is C24H24N2O5S. The molecule has 8 heteroatoms. The molecule has 2 N–H and O–H groups in total. The number of amides is 1. The minimum Gasteiger partial charge on any atom is -0.452 e. The van der Waals surface area contributed by atoms with E-state index in [0.29, 0.717) is 12.1 Å². The highest BCUT2D eigenvalue weighted by Gasteiger charge is 2.15. The first-order chi connectivity index (χ1) is 15.4. The van der Waals surface area contributed by atoms with E-state index in [4.69, 9.17) is 4.74 Å². The highest BCUT2D eigenvalue weighted by Crippen LogP contribution is 2.19. The maximum absolute atomic E-state index is 12.3. The van der Waals surface area contributed by atoms with Crippen molar-refractivity contribution >= 4 is 27.6 Å². The van der Waals surface area contributed by atoms with Crippen molar-refractivity contribution in [1.29, 1.82) is 0 Å². The Morgan fingerprint density at radius 3 is 2.22 bits per heavy atom. The average molecular weight is 453 g/mol. The van der Waals surface area contributed by atoms with E-state index < -0.39 is 28.5 Å². The maximum Gasteiger partial charge on any atom is 0.338 e. The third-order valence-electron chi connectivity index (χ3n) is 4.60. The summed E-state index contributed by atoms with van der Waals surface area (Å²) in [5.41, 5.74) is 2.85.